The van der Waals surface area contributed by atoms with Gasteiger partial charge in [-0.25, -0.2) is 8.78 Å². The molecule has 0 spiro atoms. The van der Waals surface area contributed by atoms with Crippen LogP contribution in [0.5, 0.6) is 0 Å². The van der Waals surface area contributed by atoms with Gasteiger partial charge in [-0.05, 0) is 30.3 Å². The summed E-state index contributed by atoms with van der Waals surface area (Å²) in [4.78, 5) is 0. The predicted octanol–water partition coefficient (Wildman–Crippen LogP) is 4.88. The number of rotatable bonds is 3. The Balaban J connectivity index is 2.14. The van der Waals surface area contributed by atoms with Crippen molar-refractivity contribution in [3.8, 4) is 0 Å². The molecule has 0 fully saturated rings. The molecule has 0 heterocycles. The van der Waals surface area contributed by atoms with Gasteiger partial charge in [-0.3, -0.25) is 0 Å². The Morgan fingerprint density at radius 1 is 0.944 bits per heavy atom. The predicted molar refractivity (Wildman–Crippen MR) is 70.1 cm³/mol. The monoisotopic (exact) mass is 287 g/mol. The number of halogens is 4. The smallest absolute Gasteiger partial charge is 0.143 e. The van der Waals surface area contributed by atoms with Crippen molar-refractivity contribution in [1.82, 2.24) is 0 Å². The van der Waals surface area contributed by atoms with Crippen LogP contribution in [0.2, 0.25) is 10.0 Å². The van der Waals surface area contributed by atoms with Crippen LogP contribution in [0.15, 0.2) is 36.4 Å². The summed E-state index contributed by atoms with van der Waals surface area (Å²) in [6.45, 7) is 0.173. The van der Waals surface area contributed by atoms with Gasteiger partial charge in [-0.2, -0.15) is 0 Å². The Hall–Kier alpha value is -1.32. The molecule has 0 bridgehead atoms. The van der Waals surface area contributed by atoms with E-state index in [0.29, 0.717) is 16.3 Å². The molecule has 2 aromatic carbocycles. The second-order valence-corrected chi connectivity index (χ2v) is 4.50. The zero-order valence-corrected chi connectivity index (χ0v) is 10.7. The van der Waals surface area contributed by atoms with E-state index >= 15 is 0 Å². The lowest BCUT2D eigenvalue weighted by atomic mass is 10.2. The van der Waals surface area contributed by atoms with E-state index in [1.165, 1.54) is 24.3 Å². The van der Waals surface area contributed by atoms with Crippen LogP contribution < -0.4 is 5.32 Å². The van der Waals surface area contributed by atoms with Crippen molar-refractivity contribution in [3.63, 3.8) is 0 Å². The summed E-state index contributed by atoms with van der Waals surface area (Å²) < 4.78 is 26.7. The van der Waals surface area contributed by atoms with Gasteiger partial charge < -0.3 is 5.32 Å². The van der Waals surface area contributed by atoms with E-state index in [2.05, 4.69) is 5.32 Å². The third kappa shape index (κ3) is 2.92. The summed E-state index contributed by atoms with van der Waals surface area (Å²) in [7, 11) is 0. The van der Waals surface area contributed by atoms with Crippen LogP contribution in [0.4, 0.5) is 14.5 Å². The highest BCUT2D eigenvalue weighted by Gasteiger charge is 2.07. The molecule has 0 aliphatic carbocycles. The molecule has 0 unspecified atom stereocenters. The lowest BCUT2D eigenvalue weighted by Crippen LogP contribution is -2.02. The largest absolute Gasteiger partial charge is 0.381 e. The van der Waals surface area contributed by atoms with Crippen LogP contribution >= 0.6 is 23.2 Å². The molecule has 0 amide bonds. The first-order valence-corrected chi connectivity index (χ1v) is 5.95. The highest BCUT2D eigenvalue weighted by Crippen LogP contribution is 2.22. The summed E-state index contributed by atoms with van der Waals surface area (Å²) in [5, 5.41) is 3.26. The van der Waals surface area contributed by atoms with Crippen molar-refractivity contribution in [1.29, 1.82) is 0 Å². The Bertz CT molecular complexity index is 553. The molecule has 0 aliphatic rings. The van der Waals surface area contributed by atoms with Crippen molar-refractivity contribution in [2.24, 2.45) is 0 Å². The second-order valence-electron chi connectivity index (χ2n) is 3.68. The van der Waals surface area contributed by atoms with Gasteiger partial charge in [0.05, 0.1) is 5.02 Å². The van der Waals surface area contributed by atoms with E-state index in [9.17, 15) is 8.78 Å². The molecular weight excluding hydrogens is 279 g/mol. The molecule has 5 heteroatoms. The molecule has 0 saturated carbocycles. The maximum Gasteiger partial charge on any atom is 0.143 e. The normalized spacial score (nSPS) is 10.4. The van der Waals surface area contributed by atoms with Crippen LogP contribution in [-0.2, 0) is 6.54 Å². The van der Waals surface area contributed by atoms with Crippen LogP contribution in [0.3, 0.4) is 0 Å². The summed E-state index contributed by atoms with van der Waals surface area (Å²) in [5.74, 6) is -0.925. The lowest BCUT2D eigenvalue weighted by Gasteiger charge is -2.09. The maximum atomic E-state index is 13.5. The molecule has 2 aromatic rings. The molecule has 2 rings (SSSR count). The first kappa shape index (κ1) is 13.1. The number of benzene rings is 2. The minimum atomic E-state index is -0.527. The molecule has 0 saturated heterocycles. The highest BCUT2D eigenvalue weighted by molar-refractivity contribution is 6.31. The minimum Gasteiger partial charge on any atom is -0.381 e. The average molecular weight is 288 g/mol. The van der Waals surface area contributed by atoms with Crippen LogP contribution in [0.1, 0.15) is 5.56 Å². The van der Waals surface area contributed by atoms with Gasteiger partial charge in [0.15, 0.2) is 0 Å². The fraction of sp³-hybridized carbons (Fsp3) is 0.0769. The van der Waals surface area contributed by atoms with Crippen molar-refractivity contribution in [3.05, 3.63) is 63.6 Å². The Kier molecular flexibility index (Phi) is 4.04. The SMILES string of the molecule is Fc1cc(NCc2c(F)cccc2Cl)ccc1Cl. The number of nitrogens with one attached hydrogen (secondary N) is 1. The molecule has 18 heavy (non-hydrogen) atoms. The van der Waals surface area contributed by atoms with E-state index < -0.39 is 11.6 Å². The minimum absolute atomic E-state index is 0.0458. The van der Waals surface area contributed by atoms with Gasteiger partial charge in [0.2, 0.25) is 0 Å². The maximum absolute atomic E-state index is 13.5. The number of anilines is 1. The quantitative estimate of drug-likeness (QED) is 0.848. The van der Waals surface area contributed by atoms with Crippen molar-refractivity contribution < 1.29 is 8.78 Å². The molecule has 94 valence electrons. The fourth-order valence-electron chi connectivity index (χ4n) is 1.50. The van der Waals surface area contributed by atoms with Crippen LogP contribution in [0.25, 0.3) is 0 Å². The summed E-state index contributed by atoms with van der Waals surface area (Å²) in [6.07, 6.45) is 0. The second kappa shape index (κ2) is 5.55. The van der Waals surface area contributed by atoms with Crippen molar-refractivity contribution in [2.45, 2.75) is 6.54 Å². The van der Waals surface area contributed by atoms with Gasteiger partial charge in [-0.15, -0.1) is 0 Å². The van der Waals surface area contributed by atoms with Gasteiger partial charge in [0.1, 0.15) is 11.6 Å². The van der Waals surface area contributed by atoms with Crippen LogP contribution in [-0.4, -0.2) is 0 Å². The Labute approximate surface area is 113 Å². The van der Waals surface area contributed by atoms with E-state index in [-0.39, 0.29) is 11.6 Å². The van der Waals surface area contributed by atoms with E-state index in [1.807, 2.05) is 0 Å². The number of hydrogen-bond donors (Lipinski definition) is 1. The molecule has 0 aromatic heterocycles. The molecule has 0 aliphatic heterocycles. The molecule has 0 radical (unpaired) electrons. The van der Waals surface area contributed by atoms with Gasteiger partial charge in [-0.1, -0.05) is 29.3 Å². The third-order valence-electron chi connectivity index (χ3n) is 2.45. The standard InChI is InChI=1S/C13H9Cl2F2N/c14-10-2-1-3-12(16)9(10)7-18-8-4-5-11(15)13(17)6-8/h1-6,18H,7H2. The van der Waals surface area contributed by atoms with E-state index in [4.69, 9.17) is 23.2 Å². The molecule has 1 N–H and O–H groups in total. The first-order chi connectivity index (χ1) is 8.58. The first-order valence-electron chi connectivity index (χ1n) is 5.20. The van der Waals surface area contributed by atoms with Crippen LogP contribution in [0, 0.1) is 11.6 Å². The van der Waals surface area contributed by atoms with Gasteiger partial charge in [0, 0.05) is 22.8 Å². The van der Waals surface area contributed by atoms with Crippen molar-refractivity contribution >= 4 is 28.9 Å². The molecule has 1 nitrogen and oxygen atoms in total. The molecular formula is C13H9Cl2F2N. The number of hydrogen-bond acceptors (Lipinski definition) is 1. The van der Waals surface area contributed by atoms with Gasteiger partial charge in [0.25, 0.3) is 0 Å². The highest BCUT2D eigenvalue weighted by atomic mass is 35.5. The molecule has 0 atom stereocenters. The zero-order chi connectivity index (χ0) is 13.1. The summed E-state index contributed by atoms with van der Waals surface area (Å²) in [5.41, 5.74) is 0.853. The van der Waals surface area contributed by atoms with E-state index in [0.717, 1.165) is 0 Å². The summed E-state index contributed by atoms with van der Waals surface area (Å²) in [6, 6.07) is 8.75. The van der Waals surface area contributed by atoms with Crippen molar-refractivity contribution in [2.75, 3.05) is 5.32 Å². The topological polar surface area (TPSA) is 12.0 Å². The average Bonchev–Trinajstić information content (AvgIpc) is 2.33. The van der Waals surface area contributed by atoms with E-state index in [1.54, 1.807) is 12.1 Å². The fourth-order valence-corrected chi connectivity index (χ4v) is 1.85. The lowest BCUT2D eigenvalue weighted by molar-refractivity contribution is 0.613. The van der Waals surface area contributed by atoms with Gasteiger partial charge >= 0.3 is 0 Å². The summed E-state index contributed by atoms with van der Waals surface area (Å²) >= 11 is 11.4. The zero-order valence-electron chi connectivity index (χ0n) is 9.18. The Morgan fingerprint density at radius 3 is 2.39 bits per heavy atom. The third-order valence-corrected chi connectivity index (χ3v) is 3.11. The Morgan fingerprint density at radius 2 is 1.72 bits per heavy atom.